The number of halogens is 4. The Morgan fingerprint density at radius 3 is 2.23 bits per heavy atom. The Kier molecular flexibility index (Phi) is 11.1. The number of aryl methyl sites for hydroxylation is 1. The maximum Gasteiger partial charge on any atom is 0.429 e. The number of aromatic nitrogens is 4. The summed E-state index contributed by atoms with van der Waals surface area (Å²) in [6, 6.07) is 19.7. The highest BCUT2D eigenvalue weighted by Crippen LogP contribution is 2.40. The molecule has 0 spiro atoms. The van der Waals surface area contributed by atoms with Crippen LogP contribution in [0, 0.1) is 6.92 Å². The third-order valence-electron chi connectivity index (χ3n) is 6.56. The van der Waals surface area contributed by atoms with Crippen LogP contribution in [0.2, 0.25) is 5.02 Å². The Hall–Kier alpha value is -5.03. The Morgan fingerprint density at radius 1 is 1.02 bits per heavy atom. The van der Waals surface area contributed by atoms with Gasteiger partial charge in [0.2, 0.25) is 17.9 Å². The second-order valence-corrected chi connectivity index (χ2v) is 12.1. The molecule has 2 heterocycles. The molecule has 0 unspecified atom stereocenters. The molecule has 0 aliphatic heterocycles. The monoisotopic (exact) mass is 704 g/mol. The van der Waals surface area contributed by atoms with Crippen LogP contribution in [0.25, 0.3) is 16.9 Å². The van der Waals surface area contributed by atoms with Crippen LogP contribution in [0.3, 0.4) is 0 Å². The van der Waals surface area contributed by atoms with E-state index in [0.717, 1.165) is 0 Å². The van der Waals surface area contributed by atoms with Crippen molar-refractivity contribution in [2.75, 3.05) is 5.73 Å². The van der Waals surface area contributed by atoms with Crippen LogP contribution in [-0.4, -0.2) is 56.0 Å². The average molecular weight is 705 g/mol. The lowest BCUT2D eigenvalue weighted by Crippen LogP contribution is -2.32. The molecule has 0 aliphatic carbocycles. The summed E-state index contributed by atoms with van der Waals surface area (Å²) in [7, 11) is -4.00. The van der Waals surface area contributed by atoms with Crippen LogP contribution in [0.4, 0.5) is 19.1 Å². The van der Waals surface area contributed by atoms with Crippen molar-refractivity contribution in [3.63, 3.8) is 0 Å². The smallest absolute Gasteiger partial charge is 0.429 e. The zero-order valence-corrected chi connectivity index (χ0v) is 26.5. The van der Waals surface area contributed by atoms with Gasteiger partial charge in [0.25, 0.3) is 10.1 Å². The van der Waals surface area contributed by atoms with Crippen LogP contribution < -0.4 is 16.2 Å². The molecule has 0 bridgehead atoms. The van der Waals surface area contributed by atoms with Gasteiger partial charge in [-0.05, 0) is 49.2 Å². The van der Waals surface area contributed by atoms with Gasteiger partial charge in [-0.25, -0.2) is 9.67 Å². The van der Waals surface area contributed by atoms with Crippen molar-refractivity contribution in [2.24, 2.45) is 5.73 Å². The molecule has 3 aromatic carbocycles. The van der Waals surface area contributed by atoms with Gasteiger partial charge in [0.15, 0.2) is 0 Å². The fraction of sp³-hybridized carbons (Fsp3) is 0.161. The molecule has 0 amide bonds. The minimum Gasteiger partial charge on any atom is -0.480 e. The predicted molar refractivity (Wildman–Crippen MR) is 170 cm³/mol. The minimum absolute atomic E-state index is 0.0741. The molecule has 5 rings (SSSR count). The van der Waals surface area contributed by atoms with Gasteiger partial charge in [0, 0.05) is 28.4 Å². The molecule has 252 valence electrons. The summed E-state index contributed by atoms with van der Waals surface area (Å²) in [5.41, 5.74) is 13.2. The summed E-state index contributed by atoms with van der Waals surface area (Å²) in [6.07, 6.45) is -5.65. The standard InChI is InChI=1S/C25H22ClF3N6O3.C6H6O3S/c1-13-8-9-35(34-13)20-11-16(26)6-7-17(20)22(25(27,28)29)38-21-12-19(32-24(31)33-21)15-4-2-14(3-5-15)10-18(30)23(36)37;7-10(8,9)6-4-2-1-3-5-6/h2-9,11-12,18,22H,10,30H2,1H3,(H,36,37)(H2,31,32,33);1-5H,(H,7,8,9)/t18-,22-;/m0./s1. The molecule has 2 aromatic heterocycles. The third kappa shape index (κ3) is 9.51. The Balaban J connectivity index is 0.000000445. The number of nitrogens with zero attached hydrogens (tertiary/aromatic N) is 4. The number of benzene rings is 3. The molecule has 0 saturated carbocycles. The first-order chi connectivity index (χ1) is 22.5. The third-order valence-corrected chi connectivity index (χ3v) is 7.67. The van der Waals surface area contributed by atoms with Crippen molar-refractivity contribution in [3.05, 3.63) is 113 Å². The largest absolute Gasteiger partial charge is 0.480 e. The Morgan fingerprint density at radius 2 is 1.69 bits per heavy atom. The first kappa shape index (κ1) is 35.8. The van der Waals surface area contributed by atoms with Gasteiger partial charge in [-0.15, -0.1) is 0 Å². The number of hydrogen-bond donors (Lipinski definition) is 4. The second kappa shape index (κ2) is 14.8. The van der Waals surface area contributed by atoms with E-state index < -0.39 is 40.3 Å². The summed E-state index contributed by atoms with van der Waals surface area (Å²) in [4.78, 5) is 18.9. The topological polar surface area (TPSA) is 197 Å². The van der Waals surface area contributed by atoms with Crippen molar-refractivity contribution >= 4 is 33.6 Å². The Labute approximate surface area is 277 Å². The quantitative estimate of drug-likeness (QED) is 0.143. The van der Waals surface area contributed by atoms with Crippen molar-refractivity contribution in [2.45, 2.75) is 36.6 Å². The lowest BCUT2D eigenvalue weighted by atomic mass is 10.0. The molecule has 0 fully saturated rings. The fourth-order valence-corrected chi connectivity index (χ4v) is 4.98. The zero-order chi connectivity index (χ0) is 35.2. The highest BCUT2D eigenvalue weighted by Gasteiger charge is 2.45. The van der Waals surface area contributed by atoms with Crippen molar-refractivity contribution in [1.82, 2.24) is 19.7 Å². The number of carboxylic acids is 1. The van der Waals surface area contributed by atoms with Gasteiger partial charge in [0.1, 0.15) is 6.04 Å². The number of carbonyl (C=O) groups is 1. The fourth-order valence-electron chi connectivity index (χ4n) is 4.31. The number of nitrogens with two attached hydrogens (primary N) is 2. The van der Waals surface area contributed by atoms with Crippen LogP contribution >= 0.6 is 11.6 Å². The van der Waals surface area contributed by atoms with E-state index in [1.165, 1.54) is 47.3 Å². The molecule has 2 atom stereocenters. The SMILES string of the molecule is Cc1ccn(-c2cc(Cl)ccc2[C@H](Oc2cc(-c3ccc(C[C@H](N)C(=O)O)cc3)nc(N)n2)C(F)(F)F)n1.O=S(=O)(O)c1ccccc1. The maximum atomic E-state index is 14.3. The lowest BCUT2D eigenvalue weighted by molar-refractivity contribution is -0.198. The van der Waals surface area contributed by atoms with E-state index >= 15 is 0 Å². The number of hydrogen-bond acceptors (Lipinski definition) is 9. The Bertz CT molecular complexity index is 1990. The molecule has 48 heavy (non-hydrogen) atoms. The number of aliphatic carboxylic acids is 1. The molecule has 6 N–H and O–H groups in total. The summed E-state index contributed by atoms with van der Waals surface area (Å²) < 4.78 is 78.8. The highest BCUT2D eigenvalue weighted by molar-refractivity contribution is 7.85. The van der Waals surface area contributed by atoms with Crippen LogP contribution in [-0.2, 0) is 21.3 Å². The van der Waals surface area contributed by atoms with Crippen molar-refractivity contribution in [1.29, 1.82) is 0 Å². The van der Waals surface area contributed by atoms with Gasteiger partial charge < -0.3 is 21.3 Å². The van der Waals surface area contributed by atoms with Crippen molar-refractivity contribution in [3.8, 4) is 22.8 Å². The van der Waals surface area contributed by atoms with E-state index in [1.54, 1.807) is 55.5 Å². The molecule has 0 saturated heterocycles. The molecule has 17 heteroatoms. The molecule has 0 aliphatic rings. The first-order valence-corrected chi connectivity index (χ1v) is 15.6. The van der Waals surface area contributed by atoms with Gasteiger partial charge in [-0.3, -0.25) is 9.35 Å². The van der Waals surface area contributed by atoms with E-state index in [2.05, 4.69) is 15.1 Å². The number of alkyl halides is 3. The first-order valence-electron chi connectivity index (χ1n) is 13.8. The molecule has 5 aromatic rings. The highest BCUT2D eigenvalue weighted by atomic mass is 35.5. The molecular formula is C31H28ClF3N6O6S. The van der Waals surface area contributed by atoms with E-state index in [1.807, 2.05) is 0 Å². The number of carboxylic acid groups (broad SMARTS) is 1. The number of rotatable bonds is 9. The number of nitrogen functional groups attached to an aromatic ring is 1. The van der Waals surface area contributed by atoms with E-state index in [4.69, 9.17) is 37.5 Å². The number of anilines is 1. The summed E-state index contributed by atoms with van der Waals surface area (Å²) >= 11 is 6.08. The number of ether oxygens (including phenoxy) is 1. The predicted octanol–water partition coefficient (Wildman–Crippen LogP) is 5.44. The van der Waals surface area contributed by atoms with Gasteiger partial charge >= 0.3 is 12.1 Å². The molecular weight excluding hydrogens is 677 g/mol. The summed E-state index contributed by atoms with van der Waals surface area (Å²) in [6.45, 7) is 1.71. The summed E-state index contributed by atoms with van der Waals surface area (Å²) in [5.74, 6) is -1.83. The van der Waals surface area contributed by atoms with Crippen LogP contribution in [0.15, 0.2) is 96.0 Å². The van der Waals surface area contributed by atoms with Gasteiger partial charge in [-0.1, -0.05) is 60.1 Å². The minimum atomic E-state index is -4.84. The van der Waals surface area contributed by atoms with E-state index in [9.17, 15) is 26.4 Å². The lowest BCUT2D eigenvalue weighted by Gasteiger charge is -2.24. The second-order valence-electron chi connectivity index (χ2n) is 10.2. The van der Waals surface area contributed by atoms with Crippen molar-refractivity contribution < 1.29 is 40.8 Å². The van der Waals surface area contributed by atoms with Crippen LogP contribution in [0.5, 0.6) is 5.88 Å². The van der Waals surface area contributed by atoms with E-state index in [0.29, 0.717) is 16.8 Å². The maximum absolute atomic E-state index is 14.3. The van der Waals surface area contributed by atoms with Crippen LogP contribution in [0.1, 0.15) is 22.9 Å². The average Bonchev–Trinajstić information content (AvgIpc) is 3.46. The molecule has 12 nitrogen and oxygen atoms in total. The zero-order valence-electron chi connectivity index (χ0n) is 24.9. The summed E-state index contributed by atoms with van der Waals surface area (Å²) in [5, 5.41) is 13.4. The van der Waals surface area contributed by atoms with Gasteiger partial charge in [0.05, 0.1) is 22.0 Å². The van der Waals surface area contributed by atoms with E-state index in [-0.39, 0.29) is 39.2 Å². The normalized spacial score (nSPS) is 12.8. The van der Waals surface area contributed by atoms with Gasteiger partial charge in [-0.2, -0.15) is 31.7 Å². The molecule has 0 radical (unpaired) electrons.